The molecule has 4 nitrogen and oxygen atoms in total. The minimum absolute atomic E-state index is 0.234. The van der Waals surface area contributed by atoms with Crippen molar-refractivity contribution in [2.24, 2.45) is 0 Å². The summed E-state index contributed by atoms with van der Waals surface area (Å²) < 4.78 is 0.756. The van der Waals surface area contributed by atoms with Gasteiger partial charge in [-0.2, -0.15) is 0 Å². The van der Waals surface area contributed by atoms with Gasteiger partial charge in [-0.05, 0) is 46.1 Å². The Morgan fingerprint density at radius 3 is 2.70 bits per heavy atom. The number of nitrogens with zero attached hydrogens (tertiary/aromatic N) is 1. The van der Waals surface area contributed by atoms with E-state index in [9.17, 15) is 4.79 Å². The molecular formula is C20H21BrClN3OSi. The molecule has 3 aromatic rings. The average molecular weight is 463 g/mol. The summed E-state index contributed by atoms with van der Waals surface area (Å²) in [5.74, 6) is -0.234. The lowest BCUT2D eigenvalue weighted by molar-refractivity contribution is -0.111. The van der Waals surface area contributed by atoms with Gasteiger partial charge in [0.05, 0.1) is 17.6 Å². The van der Waals surface area contributed by atoms with Gasteiger partial charge in [0.2, 0.25) is 5.91 Å². The number of aromatic nitrogens is 2. The Bertz CT molecular complexity index is 1070. The number of amides is 1. The third-order valence-corrected chi connectivity index (χ3v) is 7.53. The lowest BCUT2D eigenvalue weighted by atomic mass is 10.0. The van der Waals surface area contributed by atoms with E-state index < -0.39 is 8.07 Å². The second-order valence-electron chi connectivity index (χ2n) is 7.49. The fourth-order valence-electron chi connectivity index (χ4n) is 3.04. The van der Waals surface area contributed by atoms with Crippen LogP contribution in [0.5, 0.6) is 0 Å². The van der Waals surface area contributed by atoms with Crippen LogP contribution >= 0.6 is 27.5 Å². The Morgan fingerprint density at radius 1 is 1.37 bits per heavy atom. The zero-order valence-electron chi connectivity index (χ0n) is 15.7. The van der Waals surface area contributed by atoms with Crippen molar-refractivity contribution in [1.82, 2.24) is 9.97 Å². The number of fused-ring (bicyclic) bond motifs is 1. The smallest absolute Gasteiger partial charge is 0.247 e. The van der Waals surface area contributed by atoms with Gasteiger partial charge in [0.15, 0.2) is 0 Å². The summed E-state index contributed by atoms with van der Waals surface area (Å²) >= 11 is 10.1. The first-order chi connectivity index (χ1) is 12.6. The van der Waals surface area contributed by atoms with Crippen molar-refractivity contribution in [2.75, 3.05) is 5.32 Å². The first-order valence-corrected chi connectivity index (χ1v) is 13.2. The zero-order valence-corrected chi connectivity index (χ0v) is 19.0. The van der Waals surface area contributed by atoms with E-state index in [4.69, 9.17) is 11.6 Å². The first-order valence-electron chi connectivity index (χ1n) is 8.54. The van der Waals surface area contributed by atoms with Crippen molar-refractivity contribution in [1.29, 1.82) is 0 Å². The van der Waals surface area contributed by atoms with Crippen LogP contribution in [0.15, 0.2) is 41.5 Å². The number of hydrogen-bond acceptors (Lipinski definition) is 2. The number of nitrogens with one attached hydrogen (secondary N) is 2. The number of anilines is 1. The number of rotatable bonds is 4. The topological polar surface area (TPSA) is 57.8 Å². The van der Waals surface area contributed by atoms with Crippen molar-refractivity contribution in [3.8, 4) is 11.1 Å². The molecule has 0 aliphatic carbocycles. The van der Waals surface area contributed by atoms with Gasteiger partial charge in [-0.15, -0.1) is 0 Å². The molecule has 0 aliphatic heterocycles. The van der Waals surface area contributed by atoms with Gasteiger partial charge in [-0.1, -0.05) is 50.0 Å². The van der Waals surface area contributed by atoms with Crippen molar-refractivity contribution in [2.45, 2.75) is 26.6 Å². The largest absolute Gasteiger partial charge is 0.347 e. The molecule has 2 heterocycles. The Labute approximate surface area is 173 Å². The molecule has 1 aromatic carbocycles. The zero-order chi connectivity index (χ0) is 19.9. The van der Waals surface area contributed by atoms with Crippen molar-refractivity contribution >= 4 is 63.5 Å². The SMILES string of the molecule is C=CC(=O)Nc1cc(-c2c([Si](C)(C)C)[nH]c3ncc(Br)c(Cl)c23)ccc1C. The fourth-order valence-corrected chi connectivity index (χ4v) is 5.09. The maximum Gasteiger partial charge on any atom is 0.247 e. The fraction of sp³-hybridized carbons (Fsp3) is 0.200. The normalized spacial score (nSPS) is 11.6. The summed E-state index contributed by atoms with van der Waals surface area (Å²) in [5, 5.41) is 5.59. The Kier molecular flexibility index (Phi) is 5.34. The molecule has 0 saturated heterocycles. The number of pyridine rings is 1. The third kappa shape index (κ3) is 3.74. The highest BCUT2D eigenvalue weighted by molar-refractivity contribution is 9.10. The van der Waals surface area contributed by atoms with Gasteiger partial charge in [0.1, 0.15) is 5.65 Å². The van der Waals surface area contributed by atoms with Gasteiger partial charge >= 0.3 is 0 Å². The number of aromatic amines is 1. The van der Waals surface area contributed by atoms with Gasteiger partial charge in [-0.3, -0.25) is 4.79 Å². The molecule has 140 valence electrons. The molecule has 0 atom stereocenters. The minimum atomic E-state index is -1.73. The molecule has 0 aliphatic rings. The predicted octanol–water partition coefficient (Wildman–Crippen LogP) is 5.62. The number of aryl methyl sites for hydroxylation is 1. The lowest BCUT2D eigenvalue weighted by Crippen LogP contribution is -2.39. The second-order valence-corrected chi connectivity index (χ2v) is 13.7. The minimum Gasteiger partial charge on any atom is -0.347 e. The van der Waals surface area contributed by atoms with E-state index >= 15 is 0 Å². The molecule has 0 radical (unpaired) electrons. The van der Waals surface area contributed by atoms with Crippen LogP contribution in [0.1, 0.15) is 5.56 Å². The van der Waals surface area contributed by atoms with Crippen LogP contribution in [0.3, 0.4) is 0 Å². The predicted molar refractivity (Wildman–Crippen MR) is 121 cm³/mol. The maximum atomic E-state index is 11.8. The molecule has 0 saturated carbocycles. The molecule has 0 bridgehead atoms. The molecule has 27 heavy (non-hydrogen) atoms. The van der Waals surface area contributed by atoms with E-state index in [-0.39, 0.29) is 5.91 Å². The van der Waals surface area contributed by atoms with Crippen LogP contribution in [-0.2, 0) is 4.79 Å². The van der Waals surface area contributed by atoms with Crippen molar-refractivity contribution in [3.05, 3.63) is 52.1 Å². The number of halogens is 2. The molecular weight excluding hydrogens is 442 g/mol. The van der Waals surface area contributed by atoms with Crippen LogP contribution in [0.25, 0.3) is 22.2 Å². The number of carbonyl (C=O) groups is 1. The molecule has 3 rings (SSSR count). The highest BCUT2D eigenvalue weighted by atomic mass is 79.9. The van der Waals surface area contributed by atoms with Gasteiger partial charge in [0.25, 0.3) is 0 Å². The first kappa shape index (κ1) is 19.9. The maximum absolute atomic E-state index is 11.8. The number of carbonyl (C=O) groups excluding carboxylic acids is 1. The molecule has 0 fully saturated rings. The molecule has 7 heteroatoms. The number of benzene rings is 1. The van der Waals surface area contributed by atoms with Crippen LogP contribution in [0.2, 0.25) is 24.7 Å². The summed E-state index contributed by atoms with van der Waals surface area (Å²) in [6.45, 7) is 12.3. The van der Waals surface area contributed by atoms with E-state index in [1.54, 1.807) is 6.20 Å². The van der Waals surface area contributed by atoms with Crippen LogP contribution in [0.4, 0.5) is 5.69 Å². The van der Waals surface area contributed by atoms with Gasteiger partial charge < -0.3 is 10.3 Å². The third-order valence-electron chi connectivity index (χ3n) is 4.44. The van der Waals surface area contributed by atoms with Crippen LogP contribution < -0.4 is 10.6 Å². The van der Waals surface area contributed by atoms with Crippen molar-refractivity contribution in [3.63, 3.8) is 0 Å². The summed E-state index contributed by atoms with van der Waals surface area (Å²) in [6, 6.07) is 6.04. The average Bonchev–Trinajstić information content (AvgIpc) is 3.00. The quantitative estimate of drug-likeness (QED) is 0.390. The number of H-pyrrole nitrogens is 1. The molecule has 0 spiro atoms. The van der Waals surface area contributed by atoms with E-state index in [1.807, 2.05) is 19.1 Å². The highest BCUT2D eigenvalue weighted by Crippen LogP contribution is 2.38. The molecule has 2 N–H and O–H groups in total. The van der Waals surface area contributed by atoms with Gasteiger partial charge in [-0.25, -0.2) is 4.98 Å². The Morgan fingerprint density at radius 2 is 2.07 bits per heavy atom. The summed E-state index contributed by atoms with van der Waals surface area (Å²) in [4.78, 5) is 19.8. The van der Waals surface area contributed by atoms with Gasteiger partial charge in [0, 0.05) is 28.2 Å². The Hall–Kier alpha value is -1.89. The van der Waals surface area contributed by atoms with E-state index in [0.717, 1.165) is 37.9 Å². The molecule has 2 aromatic heterocycles. The van der Waals surface area contributed by atoms with Crippen LogP contribution in [-0.4, -0.2) is 23.9 Å². The van der Waals surface area contributed by atoms with Crippen LogP contribution in [0, 0.1) is 6.92 Å². The monoisotopic (exact) mass is 461 g/mol. The molecule has 1 amide bonds. The summed E-state index contributed by atoms with van der Waals surface area (Å²) in [7, 11) is -1.73. The standard InChI is InChI=1S/C20H21BrClN3OSi/c1-6-15(26)24-14-9-12(8-7-11(14)2)16-17-18(22)13(21)10-23-19(17)25-20(16)27(3,4)5/h6-10H,1H2,2-5H3,(H,23,25)(H,24,26). The number of hydrogen-bond donors (Lipinski definition) is 2. The van der Waals surface area contributed by atoms with E-state index in [1.165, 1.54) is 11.4 Å². The van der Waals surface area contributed by atoms with E-state index in [2.05, 4.69) is 63.5 Å². The summed E-state index contributed by atoms with van der Waals surface area (Å²) in [5.41, 5.74) is 4.55. The Balaban J connectivity index is 2.33. The second kappa shape index (κ2) is 7.26. The highest BCUT2D eigenvalue weighted by Gasteiger charge is 2.27. The molecule has 0 unspecified atom stereocenters. The van der Waals surface area contributed by atoms with Crippen molar-refractivity contribution < 1.29 is 4.79 Å². The lowest BCUT2D eigenvalue weighted by Gasteiger charge is -2.18. The van der Waals surface area contributed by atoms with E-state index in [0.29, 0.717) is 5.02 Å². The summed E-state index contributed by atoms with van der Waals surface area (Å²) in [6.07, 6.45) is 2.98.